The van der Waals surface area contributed by atoms with Crippen LogP contribution in [0.15, 0.2) is 30.3 Å². The smallest absolute Gasteiger partial charge is 0.0558 e. The Bertz CT molecular complexity index is 413. The third-order valence-electron chi connectivity index (χ3n) is 5.41. The average molecular weight is 424 g/mol. The van der Waals surface area contributed by atoms with Crippen molar-refractivity contribution in [2.75, 3.05) is 39.5 Å². The summed E-state index contributed by atoms with van der Waals surface area (Å²) in [4.78, 5) is 1.79. The molecule has 0 unspecified atom stereocenters. The molecular formula is C26H49NO3. The lowest BCUT2D eigenvalue weighted by Crippen LogP contribution is -2.32. The van der Waals surface area contributed by atoms with Gasteiger partial charge < -0.3 is 15.3 Å². The van der Waals surface area contributed by atoms with Gasteiger partial charge in [-0.2, -0.15) is 0 Å². The molecule has 0 atom stereocenters. The second kappa shape index (κ2) is 24.3. The number of aryl methyl sites for hydroxylation is 1. The van der Waals surface area contributed by atoms with Gasteiger partial charge in [-0.05, 0) is 18.4 Å². The maximum atomic E-state index is 8.48. The van der Waals surface area contributed by atoms with Crippen molar-refractivity contribution in [2.45, 2.75) is 90.4 Å². The number of rotatable bonds is 19. The van der Waals surface area contributed by atoms with E-state index >= 15 is 0 Å². The molecule has 30 heavy (non-hydrogen) atoms. The van der Waals surface area contributed by atoms with Crippen molar-refractivity contribution in [3.8, 4) is 0 Å². The van der Waals surface area contributed by atoms with E-state index in [1.54, 1.807) is 4.90 Å². The molecule has 176 valence electrons. The molecule has 4 nitrogen and oxygen atoms in total. The van der Waals surface area contributed by atoms with Gasteiger partial charge in [-0.25, -0.2) is 0 Å². The van der Waals surface area contributed by atoms with E-state index in [2.05, 4.69) is 37.3 Å². The highest BCUT2D eigenvalue weighted by Crippen LogP contribution is 2.13. The maximum Gasteiger partial charge on any atom is 0.0558 e. The number of nitrogens with zero attached hydrogens (tertiary/aromatic N) is 1. The molecule has 0 aliphatic carbocycles. The standard InChI is InChI=1S/C20H34.C6H15NO3/c1-2-3-4-5-6-7-8-9-10-11-12-14-17-20-18-15-13-16-19-20;8-4-1-7(2-5-9)3-6-10/h13,15-16,18-19H,2-12,14,17H2,1H3;8-10H,1-6H2. The lowest BCUT2D eigenvalue weighted by molar-refractivity contribution is 0.136. The van der Waals surface area contributed by atoms with Gasteiger partial charge in [-0.3, -0.25) is 4.90 Å². The zero-order chi connectivity index (χ0) is 22.1. The van der Waals surface area contributed by atoms with E-state index in [-0.39, 0.29) is 19.8 Å². The lowest BCUT2D eigenvalue weighted by atomic mass is 10.0. The zero-order valence-electron chi connectivity index (χ0n) is 19.6. The van der Waals surface area contributed by atoms with Crippen molar-refractivity contribution < 1.29 is 15.3 Å². The molecule has 0 aromatic heterocycles. The number of aliphatic hydroxyl groups excluding tert-OH is 3. The molecule has 0 aliphatic rings. The number of hydrogen-bond acceptors (Lipinski definition) is 4. The Kier molecular flexibility index (Phi) is 23.6. The Balaban J connectivity index is 0.000000710. The van der Waals surface area contributed by atoms with Crippen molar-refractivity contribution in [1.82, 2.24) is 4.90 Å². The predicted octanol–water partition coefficient (Wildman–Crippen LogP) is 5.20. The summed E-state index contributed by atoms with van der Waals surface area (Å²) in [6, 6.07) is 10.9. The third kappa shape index (κ3) is 20.3. The molecule has 0 saturated carbocycles. The van der Waals surface area contributed by atoms with Crippen molar-refractivity contribution in [3.63, 3.8) is 0 Å². The minimum Gasteiger partial charge on any atom is -0.395 e. The number of benzene rings is 1. The zero-order valence-corrected chi connectivity index (χ0v) is 19.6. The Morgan fingerprint density at radius 1 is 0.567 bits per heavy atom. The normalized spacial score (nSPS) is 10.8. The quantitative estimate of drug-likeness (QED) is 0.268. The molecular weight excluding hydrogens is 374 g/mol. The first-order chi connectivity index (χ1) is 14.8. The monoisotopic (exact) mass is 423 g/mol. The highest BCUT2D eigenvalue weighted by molar-refractivity contribution is 5.14. The van der Waals surface area contributed by atoms with Gasteiger partial charge >= 0.3 is 0 Å². The molecule has 3 N–H and O–H groups in total. The van der Waals surface area contributed by atoms with Gasteiger partial charge in [-0.1, -0.05) is 108 Å². The Morgan fingerprint density at radius 3 is 1.37 bits per heavy atom. The van der Waals surface area contributed by atoms with Gasteiger partial charge in [0.05, 0.1) is 19.8 Å². The van der Waals surface area contributed by atoms with Crippen LogP contribution in [0, 0.1) is 0 Å². The molecule has 1 aromatic carbocycles. The maximum absolute atomic E-state index is 8.48. The van der Waals surface area contributed by atoms with Crippen LogP contribution in [-0.4, -0.2) is 59.7 Å². The van der Waals surface area contributed by atoms with Crippen LogP contribution in [0.5, 0.6) is 0 Å². The minimum absolute atomic E-state index is 0.0694. The first kappa shape index (κ1) is 29.1. The van der Waals surface area contributed by atoms with E-state index in [1.165, 1.54) is 89.0 Å². The van der Waals surface area contributed by atoms with Crippen molar-refractivity contribution in [3.05, 3.63) is 35.9 Å². The largest absolute Gasteiger partial charge is 0.395 e. The molecule has 0 fully saturated rings. The van der Waals surface area contributed by atoms with Crippen LogP contribution in [0.2, 0.25) is 0 Å². The summed E-state index contributed by atoms with van der Waals surface area (Å²) >= 11 is 0. The molecule has 0 amide bonds. The van der Waals surface area contributed by atoms with Gasteiger partial charge in [0.2, 0.25) is 0 Å². The van der Waals surface area contributed by atoms with Crippen LogP contribution in [-0.2, 0) is 6.42 Å². The first-order valence-electron chi connectivity index (χ1n) is 12.4. The minimum atomic E-state index is 0.0694. The van der Waals surface area contributed by atoms with Crippen LogP contribution in [0.3, 0.4) is 0 Å². The fourth-order valence-electron chi connectivity index (χ4n) is 3.57. The highest BCUT2D eigenvalue weighted by Gasteiger charge is 2.00. The van der Waals surface area contributed by atoms with E-state index in [9.17, 15) is 0 Å². The van der Waals surface area contributed by atoms with Crippen LogP contribution in [0.1, 0.15) is 89.5 Å². The van der Waals surface area contributed by atoms with Crippen LogP contribution in [0.25, 0.3) is 0 Å². The summed E-state index contributed by atoms with van der Waals surface area (Å²) in [5, 5.41) is 25.5. The summed E-state index contributed by atoms with van der Waals surface area (Å²) < 4.78 is 0. The van der Waals surface area contributed by atoms with Gasteiger partial charge in [-0.15, -0.1) is 0 Å². The average Bonchev–Trinajstić information content (AvgIpc) is 2.76. The SMILES string of the molecule is CCCCCCCCCCCCCCc1ccccc1.OCCN(CCO)CCO. The summed E-state index contributed by atoms with van der Waals surface area (Å²) in [5.74, 6) is 0. The van der Waals surface area contributed by atoms with Crippen LogP contribution < -0.4 is 0 Å². The Morgan fingerprint density at radius 2 is 0.967 bits per heavy atom. The molecule has 1 rings (SSSR count). The lowest BCUT2D eigenvalue weighted by Gasteiger charge is -2.17. The Hall–Kier alpha value is -0.940. The predicted molar refractivity (Wildman–Crippen MR) is 129 cm³/mol. The topological polar surface area (TPSA) is 63.9 Å². The van der Waals surface area contributed by atoms with E-state index in [0.29, 0.717) is 19.6 Å². The Labute approximate surface area is 186 Å². The van der Waals surface area contributed by atoms with Gasteiger partial charge in [0.25, 0.3) is 0 Å². The van der Waals surface area contributed by atoms with E-state index < -0.39 is 0 Å². The number of hydrogen-bond donors (Lipinski definition) is 3. The van der Waals surface area contributed by atoms with Crippen molar-refractivity contribution >= 4 is 0 Å². The highest BCUT2D eigenvalue weighted by atomic mass is 16.3. The number of aliphatic hydroxyl groups is 3. The summed E-state index contributed by atoms with van der Waals surface area (Å²) in [6.07, 6.45) is 18.5. The fourth-order valence-corrected chi connectivity index (χ4v) is 3.57. The molecule has 0 radical (unpaired) electrons. The second-order valence-corrected chi connectivity index (χ2v) is 8.14. The second-order valence-electron chi connectivity index (χ2n) is 8.14. The van der Waals surface area contributed by atoms with Crippen molar-refractivity contribution in [1.29, 1.82) is 0 Å². The summed E-state index contributed by atoms with van der Waals surface area (Å²) in [5.41, 5.74) is 1.50. The summed E-state index contributed by atoms with van der Waals surface area (Å²) in [6.45, 7) is 4.04. The molecule has 1 aromatic rings. The van der Waals surface area contributed by atoms with Gasteiger partial charge in [0, 0.05) is 19.6 Å². The molecule has 0 saturated heterocycles. The van der Waals surface area contributed by atoms with Crippen molar-refractivity contribution in [2.24, 2.45) is 0 Å². The molecule has 0 spiro atoms. The van der Waals surface area contributed by atoms with Gasteiger partial charge in [0.15, 0.2) is 0 Å². The molecule has 0 heterocycles. The summed E-state index contributed by atoms with van der Waals surface area (Å²) in [7, 11) is 0. The van der Waals surface area contributed by atoms with E-state index in [0.717, 1.165) is 0 Å². The molecule has 0 aliphatic heterocycles. The molecule has 0 bridgehead atoms. The first-order valence-corrected chi connectivity index (χ1v) is 12.4. The van der Waals surface area contributed by atoms with Gasteiger partial charge in [0.1, 0.15) is 0 Å². The van der Waals surface area contributed by atoms with Crippen LogP contribution in [0.4, 0.5) is 0 Å². The van der Waals surface area contributed by atoms with Crippen LogP contribution >= 0.6 is 0 Å². The third-order valence-corrected chi connectivity index (χ3v) is 5.41. The molecule has 4 heteroatoms. The van der Waals surface area contributed by atoms with E-state index in [4.69, 9.17) is 15.3 Å². The fraction of sp³-hybridized carbons (Fsp3) is 0.769. The number of unbranched alkanes of at least 4 members (excludes halogenated alkanes) is 11. The van der Waals surface area contributed by atoms with E-state index in [1.807, 2.05) is 0 Å².